The molecule has 0 unspecified atom stereocenters. The summed E-state index contributed by atoms with van der Waals surface area (Å²) in [4.78, 5) is 9.85. The Hall–Kier alpha value is -2.88. The third-order valence-electron chi connectivity index (χ3n) is 3.72. The monoisotopic (exact) mass is 352 g/mol. The summed E-state index contributed by atoms with van der Waals surface area (Å²) in [5.41, 5.74) is 6.22. The van der Waals surface area contributed by atoms with Crippen LogP contribution in [0.3, 0.4) is 0 Å². The molecule has 3 rings (SSSR count). The molecule has 1 heterocycles. The molecule has 1 aromatic heterocycles. The number of nitro groups is 1. The molecule has 0 aliphatic rings. The molecule has 0 spiro atoms. The van der Waals surface area contributed by atoms with Gasteiger partial charge in [-0.3, -0.25) is 10.1 Å². The zero-order chi connectivity index (χ0) is 19.7. The van der Waals surface area contributed by atoms with Gasteiger partial charge in [-0.1, -0.05) is 70.8 Å². The normalized spacial score (nSPS) is 9.46. The lowest BCUT2D eigenvalue weighted by Crippen LogP contribution is -1.86. The molecule has 26 heavy (non-hydrogen) atoms. The summed E-state index contributed by atoms with van der Waals surface area (Å²) in [6, 6.07) is 16.9. The zero-order valence-electron chi connectivity index (χ0n) is 16.5. The lowest BCUT2D eigenvalue weighted by molar-refractivity contribution is -0.385. The molecule has 0 amide bonds. The van der Waals surface area contributed by atoms with Gasteiger partial charge in [0.1, 0.15) is 0 Å². The van der Waals surface area contributed by atoms with Crippen molar-refractivity contribution in [2.24, 2.45) is 7.05 Å². The smallest absolute Gasteiger partial charge is 0.289 e. The van der Waals surface area contributed by atoms with Crippen LogP contribution in [-0.4, -0.2) is 9.49 Å². The number of aryl methyl sites for hydroxylation is 6. The van der Waals surface area contributed by atoms with Crippen LogP contribution in [0.1, 0.15) is 27.8 Å². The molecule has 0 fully saturated rings. The minimum atomic E-state index is -0.380. The van der Waals surface area contributed by atoms with Crippen molar-refractivity contribution >= 4 is 5.69 Å². The fourth-order valence-electron chi connectivity index (χ4n) is 2.34. The van der Waals surface area contributed by atoms with Crippen molar-refractivity contribution in [1.29, 1.82) is 0 Å². The Kier molecular flexibility index (Phi) is 8.29. The summed E-state index contributed by atoms with van der Waals surface area (Å²) in [5.74, 6) is 0. The van der Waals surface area contributed by atoms with Gasteiger partial charge in [0.15, 0.2) is 0 Å². The van der Waals surface area contributed by atoms with Gasteiger partial charge in [-0.15, -0.1) is 0 Å². The lowest BCUT2D eigenvalue weighted by atomic mass is 10.2. The molecule has 4 nitrogen and oxygen atoms in total. The number of aromatic nitrogens is 1. The number of hydrogen-bond acceptors (Lipinski definition) is 2. The van der Waals surface area contributed by atoms with Gasteiger partial charge in [0.05, 0.1) is 11.1 Å². The maximum atomic E-state index is 10.2. The van der Waals surface area contributed by atoms with Crippen LogP contribution in [-0.2, 0) is 7.05 Å². The lowest BCUT2D eigenvalue weighted by Gasteiger charge is -1.90. The summed E-state index contributed by atoms with van der Waals surface area (Å²) in [6.07, 6.45) is 3.22. The molecule has 0 saturated carbocycles. The Morgan fingerprint density at radius 2 is 1.23 bits per heavy atom. The van der Waals surface area contributed by atoms with Crippen LogP contribution in [0.25, 0.3) is 0 Å². The fraction of sp³-hybridized carbons (Fsp3) is 0.273. The van der Waals surface area contributed by atoms with Crippen LogP contribution in [0.4, 0.5) is 5.69 Å². The summed E-state index contributed by atoms with van der Waals surface area (Å²) < 4.78 is 1.67. The van der Waals surface area contributed by atoms with E-state index in [1.54, 1.807) is 24.7 Å². The second-order valence-electron chi connectivity index (χ2n) is 6.56. The molecule has 138 valence electrons. The van der Waals surface area contributed by atoms with Crippen LogP contribution in [0.2, 0.25) is 0 Å². The molecule has 0 N–H and O–H groups in total. The van der Waals surface area contributed by atoms with Crippen LogP contribution in [0, 0.1) is 44.7 Å². The average molecular weight is 352 g/mol. The van der Waals surface area contributed by atoms with Gasteiger partial charge in [0.25, 0.3) is 5.69 Å². The van der Waals surface area contributed by atoms with Crippen molar-refractivity contribution in [2.45, 2.75) is 34.6 Å². The van der Waals surface area contributed by atoms with E-state index >= 15 is 0 Å². The minimum absolute atomic E-state index is 0.183. The van der Waals surface area contributed by atoms with Crippen LogP contribution >= 0.6 is 0 Å². The van der Waals surface area contributed by atoms with E-state index in [4.69, 9.17) is 0 Å². The first-order chi connectivity index (χ1) is 12.2. The Morgan fingerprint density at radius 3 is 1.46 bits per heavy atom. The van der Waals surface area contributed by atoms with Crippen LogP contribution < -0.4 is 0 Å². The summed E-state index contributed by atoms with van der Waals surface area (Å²) in [5, 5.41) is 10.2. The summed E-state index contributed by atoms with van der Waals surface area (Å²) >= 11 is 0. The molecule has 3 aromatic rings. The van der Waals surface area contributed by atoms with E-state index in [1.165, 1.54) is 28.5 Å². The van der Waals surface area contributed by atoms with Crippen molar-refractivity contribution in [3.05, 3.63) is 98.9 Å². The molecule has 2 aromatic carbocycles. The first-order valence-electron chi connectivity index (χ1n) is 8.52. The van der Waals surface area contributed by atoms with E-state index in [0.717, 1.165) is 0 Å². The van der Waals surface area contributed by atoms with Crippen molar-refractivity contribution in [3.63, 3.8) is 0 Å². The molecular formula is C22H28N2O2. The van der Waals surface area contributed by atoms with Crippen LogP contribution in [0.5, 0.6) is 0 Å². The summed E-state index contributed by atoms with van der Waals surface area (Å²) in [7, 11) is 1.76. The van der Waals surface area contributed by atoms with E-state index in [2.05, 4.69) is 76.2 Å². The predicted molar refractivity (Wildman–Crippen MR) is 109 cm³/mol. The zero-order valence-corrected chi connectivity index (χ0v) is 16.5. The molecule has 0 atom stereocenters. The van der Waals surface area contributed by atoms with Crippen molar-refractivity contribution in [3.8, 4) is 0 Å². The highest BCUT2D eigenvalue weighted by atomic mass is 16.6. The molecule has 0 saturated heterocycles. The number of hydrogen-bond donors (Lipinski definition) is 0. The van der Waals surface area contributed by atoms with Gasteiger partial charge in [0.2, 0.25) is 0 Å². The molecule has 0 radical (unpaired) electrons. The van der Waals surface area contributed by atoms with Gasteiger partial charge in [-0.2, -0.15) is 0 Å². The quantitative estimate of drug-likeness (QED) is 0.407. The summed E-state index contributed by atoms with van der Waals surface area (Å²) in [6.45, 7) is 10.1. The first-order valence-corrected chi connectivity index (χ1v) is 8.52. The number of benzene rings is 2. The Balaban J connectivity index is 0.000000197. The Labute approximate surface area is 156 Å². The molecule has 0 bridgehead atoms. The number of nitrogens with zero attached hydrogens (tertiary/aromatic N) is 2. The van der Waals surface area contributed by atoms with Crippen LogP contribution in [0.15, 0.2) is 60.9 Å². The van der Waals surface area contributed by atoms with Gasteiger partial charge >= 0.3 is 0 Å². The topological polar surface area (TPSA) is 48.1 Å². The Morgan fingerprint density at radius 1 is 0.769 bits per heavy atom. The average Bonchev–Trinajstić information content (AvgIpc) is 2.90. The third kappa shape index (κ3) is 7.79. The minimum Gasteiger partial charge on any atom is -0.351 e. The van der Waals surface area contributed by atoms with E-state index in [0.29, 0.717) is 5.56 Å². The highest BCUT2D eigenvalue weighted by Crippen LogP contribution is 2.16. The highest BCUT2D eigenvalue weighted by molar-refractivity contribution is 5.36. The SMILES string of the molecule is Cc1ccc(C)cc1.Cc1cccc(C)c1.Cc1cn(C)cc1[N+](=O)[O-]. The second kappa shape index (κ2) is 10.2. The van der Waals surface area contributed by atoms with E-state index < -0.39 is 0 Å². The highest BCUT2D eigenvalue weighted by Gasteiger charge is 2.10. The van der Waals surface area contributed by atoms with Gasteiger partial charge in [-0.05, 0) is 34.6 Å². The maximum absolute atomic E-state index is 10.2. The first kappa shape index (κ1) is 21.2. The number of rotatable bonds is 1. The van der Waals surface area contributed by atoms with E-state index in [9.17, 15) is 10.1 Å². The van der Waals surface area contributed by atoms with E-state index in [-0.39, 0.29) is 10.6 Å². The van der Waals surface area contributed by atoms with Gasteiger partial charge in [0, 0.05) is 18.8 Å². The van der Waals surface area contributed by atoms with E-state index in [1.807, 2.05) is 0 Å². The Bertz CT molecular complexity index is 795. The standard InChI is InChI=1S/2C8H10.C6H8N2O2/c1-7-3-5-8(2)6-4-7;1-7-4-3-5-8(2)6-7;1-5-3-7(2)4-6(5)8(9)10/h2*3-6H,1-2H3;3-4H,1-2H3. The van der Waals surface area contributed by atoms with Crippen molar-refractivity contribution in [2.75, 3.05) is 0 Å². The van der Waals surface area contributed by atoms with Gasteiger partial charge < -0.3 is 4.57 Å². The largest absolute Gasteiger partial charge is 0.351 e. The second-order valence-corrected chi connectivity index (χ2v) is 6.56. The molecular weight excluding hydrogens is 324 g/mol. The van der Waals surface area contributed by atoms with Crippen molar-refractivity contribution < 1.29 is 4.92 Å². The molecule has 0 aliphatic heterocycles. The van der Waals surface area contributed by atoms with Gasteiger partial charge in [-0.25, -0.2) is 0 Å². The fourth-order valence-corrected chi connectivity index (χ4v) is 2.34. The third-order valence-corrected chi connectivity index (χ3v) is 3.72. The molecule has 0 aliphatic carbocycles. The maximum Gasteiger partial charge on any atom is 0.289 e. The predicted octanol–water partition coefficient (Wildman–Crippen LogP) is 5.85. The van der Waals surface area contributed by atoms with Crippen molar-refractivity contribution in [1.82, 2.24) is 4.57 Å². The molecule has 4 heteroatoms.